The molecule has 2 unspecified atom stereocenters. The summed E-state index contributed by atoms with van der Waals surface area (Å²) >= 11 is 0. The largest absolute Gasteiger partial charge is 0.395 e. The summed E-state index contributed by atoms with van der Waals surface area (Å²) in [5.74, 6) is -0.0675. The van der Waals surface area contributed by atoms with Gasteiger partial charge in [0.1, 0.15) is 0 Å². The first-order chi connectivity index (χ1) is 6.65. The fraction of sp³-hybridized carbons (Fsp3) is 0.889. The molecule has 0 aromatic carbocycles. The highest BCUT2D eigenvalue weighted by Gasteiger charge is 2.16. The topological polar surface area (TPSA) is 70.6 Å². The molecule has 0 heterocycles. The van der Waals surface area contributed by atoms with Gasteiger partial charge in [-0.2, -0.15) is 0 Å². The van der Waals surface area contributed by atoms with Gasteiger partial charge >= 0.3 is 0 Å². The van der Waals surface area contributed by atoms with Crippen LogP contribution in [0.4, 0.5) is 0 Å². The van der Waals surface area contributed by atoms with Gasteiger partial charge < -0.3 is 15.2 Å². The van der Waals surface area contributed by atoms with Crippen LogP contribution in [-0.4, -0.2) is 50.0 Å². The number of rotatable bonds is 7. The first-order valence-corrected chi connectivity index (χ1v) is 4.79. The van der Waals surface area contributed by atoms with Crippen molar-refractivity contribution in [2.75, 3.05) is 26.9 Å². The van der Waals surface area contributed by atoms with E-state index in [-0.39, 0.29) is 24.6 Å². The molecule has 84 valence electrons. The first kappa shape index (κ1) is 13.4. The van der Waals surface area contributed by atoms with Crippen LogP contribution in [-0.2, 0) is 9.53 Å². The van der Waals surface area contributed by atoms with Crippen LogP contribution in [0.3, 0.4) is 0 Å². The van der Waals surface area contributed by atoms with Gasteiger partial charge in [-0.3, -0.25) is 10.1 Å². The Bertz CT molecular complexity index is 164. The maximum absolute atomic E-state index is 11.3. The Labute approximate surface area is 84.8 Å². The van der Waals surface area contributed by atoms with Crippen LogP contribution >= 0.6 is 0 Å². The van der Waals surface area contributed by atoms with E-state index in [2.05, 4.69) is 10.6 Å². The molecular weight excluding hydrogens is 184 g/mol. The number of aliphatic hydroxyl groups excluding tert-OH is 1. The molecule has 0 aromatic heterocycles. The van der Waals surface area contributed by atoms with Crippen molar-refractivity contribution < 1.29 is 14.6 Å². The molecule has 1 amide bonds. The maximum Gasteiger partial charge on any atom is 0.236 e. The summed E-state index contributed by atoms with van der Waals surface area (Å²) in [5.41, 5.74) is 0. The van der Waals surface area contributed by atoms with Gasteiger partial charge in [0.05, 0.1) is 25.3 Å². The zero-order valence-electron chi connectivity index (χ0n) is 9.04. The third-order valence-electron chi connectivity index (χ3n) is 1.82. The number of ether oxygens (including phenoxy) is 1. The van der Waals surface area contributed by atoms with Crippen molar-refractivity contribution in [3.63, 3.8) is 0 Å². The first-order valence-electron chi connectivity index (χ1n) is 4.79. The Morgan fingerprint density at radius 3 is 2.64 bits per heavy atom. The third kappa shape index (κ3) is 5.16. The number of amides is 1. The molecule has 0 aliphatic carbocycles. The molecule has 5 heteroatoms. The van der Waals surface area contributed by atoms with Gasteiger partial charge in [0.25, 0.3) is 0 Å². The van der Waals surface area contributed by atoms with Crippen molar-refractivity contribution in [3.8, 4) is 0 Å². The van der Waals surface area contributed by atoms with Crippen molar-refractivity contribution in [3.05, 3.63) is 0 Å². The summed E-state index contributed by atoms with van der Waals surface area (Å²) < 4.78 is 4.88. The van der Waals surface area contributed by atoms with Crippen molar-refractivity contribution >= 4 is 5.91 Å². The van der Waals surface area contributed by atoms with E-state index in [1.807, 2.05) is 6.92 Å². The minimum atomic E-state index is -0.317. The number of carbonyl (C=O) groups excluding carboxylic acids is 1. The van der Waals surface area contributed by atoms with Crippen LogP contribution in [0, 0.1) is 0 Å². The van der Waals surface area contributed by atoms with Gasteiger partial charge in [-0.15, -0.1) is 0 Å². The number of methoxy groups -OCH3 is 1. The number of likely N-dealkylation sites (N-methyl/N-ethyl adjacent to an activating group) is 1. The smallest absolute Gasteiger partial charge is 0.236 e. The Morgan fingerprint density at radius 2 is 2.21 bits per heavy atom. The molecule has 0 radical (unpaired) electrons. The standard InChI is InChI=1S/C9H20N2O3/c1-4-10-9(13)7(2)11-8(5-12)6-14-3/h7-8,11-12H,4-6H2,1-3H3,(H,10,13). The van der Waals surface area contributed by atoms with Crippen LogP contribution < -0.4 is 10.6 Å². The SMILES string of the molecule is CCNC(=O)C(C)NC(CO)COC. The number of carbonyl (C=O) groups is 1. The van der Waals surface area contributed by atoms with Crippen molar-refractivity contribution in [2.24, 2.45) is 0 Å². The van der Waals surface area contributed by atoms with Crippen LogP contribution in [0.2, 0.25) is 0 Å². The van der Waals surface area contributed by atoms with E-state index >= 15 is 0 Å². The quantitative estimate of drug-likeness (QED) is 0.503. The molecule has 0 saturated carbocycles. The molecule has 0 spiro atoms. The Kier molecular flexibility index (Phi) is 7.37. The predicted octanol–water partition coefficient (Wildman–Crippen LogP) is -0.892. The summed E-state index contributed by atoms with van der Waals surface area (Å²) in [6.45, 7) is 4.57. The second kappa shape index (κ2) is 7.73. The van der Waals surface area contributed by atoms with E-state index < -0.39 is 0 Å². The molecule has 5 nitrogen and oxygen atoms in total. The van der Waals surface area contributed by atoms with Crippen LogP contribution in [0.5, 0.6) is 0 Å². The predicted molar refractivity (Wildman–Crippen MR) is 54.0 cm³/mol. The molecule has 2 atom stereocenters. The Morgan fingerprint density at radius 1 is 1.57 bits per heavy atom. The van der Waals surface area contributed by atoms with E-state index in [1.165, 1.54) is 0 Å². The lowest BCUT2D eigenvalue weighted by molar-refractivity contribution is -0.123. The highest BCUT2D eigenvalue weighted by Crippen LogP contribution is 1.89. The lowest BCUT2D eigenvalue weighted by Crippen LogP contribution is -2.49. The maximum atomic E-state index is 11.3. The monoisotopic (exact) mass is 204 g/mol. The van der Waals surface area contributed by atoms with Crippen molar-refractivity contribution in [1.29, 1.82) is 0 Å². The second-order valence-electron chi connectivity index (χ2n) is 3.12. The molecule has 0 bridgehead atoms. The van der Waals surface area contributed by atoms with Gasteiger partial charge in [-0.1, -0.05) is 0 Å². The minimum Gasteiger partial charge on any atom is -0.395 e. The second-order valence-corrected chi connectivity index (χ2v) is 3.12. The average molecular weight is 204 g/mol. The highest BCUT2D eigenvalue weighted by molar-refractivity contribution is 5.81. The Balaban J connectivity index is 3.88. The highest BCUT2D eigenvalue weighted by atomic mass is 16.5. The summed E-state index contributed by atoms with van der Waals surface area (Å²) in [6, 6.07) is -0.514. The average Bonchev–Trinajstić information content (AvgIpc) is 2.17. The van der Waals surface area contributed by atoms with E-state index in [0.29, 0.717) is 13.2 Å². The molecule has 0 aromatic rings. The van der Waals surface area contributed by atoms with Crippen LogP contribution in [0.25, 0.3) is 0 Å². The van der Waals surface area contributed by atoms with Crippen LogP contribution in [0.15, 0.2) is 0 Å². The van der Waals surface area contributed by atoms with Gasteiger partial charge in [-0.05, 0) is 13.8 Å². The summed E-state index contributed by atoms with van der Waals surface area (Å²) in [4.78, 5) is 11.3. The zero-order valence-corrected chi connectivity index (χ0v) is 9.04. The summed E-state index contributed by atoms with van der Waals surface area (Å²) in [7, 11) is 1.56. The summed E-state index contributed by atoms with van der Waals surface area (Å²) in [6.07, 6.45) is 0. The number of aliphatic hydroxyl groups is 1. The number of nitrogens with one attached hydrogen (secondary N) is 2. The number of hydrogen-bond acceptors (Lipinski definition) is 4. The normalized spacial score (nSPS) is 14.9. The molecular formula is C9H20N2O3. The van der Waals surface area contributed by atoms with Gasteiger partial charge in [-0.25, -0.2) is 0 Å². The van der Waals surface area contributed by atoms with E-state index in [4.69, 9.17) is 9.84 Å². The number of hydrogen-bond donors (Lipinski definition) is 3. The Hall–Kier alpha value is -0.650. The molecule has 3 N–H and O–H groups in total. The molecule has 0 rings (SSSR count). The van der Waals surface area contributed by atoms with Gasteiger partial charge in [0, 0.05) is 13.7 Å². The lowest BCUT2D eigenvalue weighted by atomic mass is 10.2. The molecule has 0 aliphatic heterocycles. The van der Waals surface area contributed by atoms with E-state index in [9.17, 15) is 4.79 Å². The van der Waals surface area contributed by atoms with E-state index in [0.717, 1.165) is 0 Å². The third-order valence-corrected chi connectivity index (χ3v) is 1.82. The molecule has 14 heavy (non-hydrogen) atoms. The fourth-order valence-electron chi connectivity index (χ4n) is 1.11. The van der Waals surface area contributed by atoms with Crippen molar-refractivity contribution in [1.82, 2.24) is 10.6 Å². The van der Waals surface area contributed by atoms with Crippen molar-refractivity contribution in [2.45, 2.75) is 25.9 Å². The summed E-state index contributed by atoms with van der Waals surface area (Å²) in [5, 5.41) is 14.6. The van der Waals surface area contributed by atoms with Crippen LogP contribution in [0.1, 0.15) is 13.8 Å². The lowest BCUT2D eigenvalue weighted by Gasteiger charge is -2.20. The van der Waals surface area contributed by atoms with Gasteiger partial charge in [0.2, 0.25) is 5.91 Å². The van der Waals surface area contributed by atoms with E-state index in [1.54, 1.807) is 14.0 Å². The molecule has 0 aliphatic rings. The molecule has 0 fully saturated rings. The molecule has 0 saturated heterocycles. The zero-order chi connectivity index (χ0) is 11.0. The fourth-order valence-corrected chi connectivity index (χ4v) is 1.11. The minimum absolute atomic E-state index is 0.0441. The van der Waals surface area contributed by atoms with Gasteiger partial charge in [0.15, 0.2) is 0 Å².